The molecule has 2 rings (SSSR count). The number of methoxy groups -OCH3 is 1. The second-order valence-corrected chi connectivity index (χ2v) is 6.97. The van der Waals surface area contributed by atoms with Gasteiger partial charge in [0.25, 0.3) is 0 Å². The SMILES string of the molecule is COc1cc(C2(CC(=O)O)CC2)c(C)cc1C(C)(C)C. The Morgan fingerprint density at radius 2 is 1.95 bits per heavy atom. The van der Waals surface area contributed by atoms with E-state index in [4.69, 9.17) is 9.84 Å². The smallest absolute Gasteiger partial charge is 0.304 e. The van der Waals surface area contributed by atoms with Crippen LogP contribution in [0.15, 0.2) is 12.1 Å². The predicted molar refractivity (Wildman–Crippen MR) is 79.6 cm³/mol. The minimum Gasteiger partial charge on any atom is -0.496 e. The van der Waals surface area contributed by atoms with Gasteiger partial charge in [0.1, 0.15) is 5.75 Å². The number of carboxylic acid groups (broad SMARTS) is 1. The fourth-order valence-electron chi connectivity index (χ4n) is 3.00. The van der Waals surface area contributed by atoms with Crippen LogP contribution in [0.1, 0.15) is 56.7 Å². The van der Waals surface area contributed by atoms with Gasteiger partial charge in [-0.25, -0.2) is 0 Å². The Labute approximate surface area is 121 Å². The largest absolute Gasteiger partial charge is 0.496 e. The van der Waals surface area contributed by atoms with Crippen molar-refractivity contribution in [2.24, 2.45) is 0 Å². The number of carboxylic acids is 1. The van der Waals surface area contributed by atoms with Crippen LogP contribution in [0.4, 0.5) is 0 Å². The molecular formula is C17H24O3. The number of aliphatic carboxylic acids is 1. The molecule has 0 amide bonds. The number of hydrogen-bond acceptors (Lipinski definition) is 2. The Hall–Kier alpha value is -1.51. The lowest BCUT2D eigenvalue weighted by molar-refractivity contribution is -0.137. The van der Waals surface area contributed by atoms with Gasteiger partial charge < -0.3 is 9.84 Å². The third-order valence-electron chi connectivity index (χ3n) is 4.27. The Kier molecular flexibility index (Phi) is 3.57. The summed E-state index contributed by atoms with van der Waals surface area (Å²) in [6.07, 6.45) is 2.13. The average Bonchev–Trinajstić information content (AvgIpc) is 3.07. The van der Waals surface area contributed by atoms with Crippen LogP contribution in [0.25, 0.3) is 0 Å². The average molecular weight is 276 g/mol. The van der Waals surface area contributed by atoms with Crippen LogP contribution in [0.5, 0.6) is 5.75 Å². The highest BCUT2D eigenvalue weighted by molar-refractivity contribution is 5.70. The summed E-state index contributed by atoms with van der Waals surface area (Å²) in [6.45, 7) is 8.56. The summed E-state index contributed by atoms with van der Waals surface area (Å²) >= 11 is 0. The first kappa shape index (κ1) is 14.9. The molecule has 110 valence electrons. The lowest BCUT2D eigenvalue weighted by atomic mass is 9.81. The quantitative estimate of drug-likeness (QED) is 0.909. The zero-order valence-electron chi connectivity index (χ0n) is 13.0. The van der Waals surface area contributed by atoms with Crippen molar-refractivity contribution in [3.63, 3.8) is 0 Å². The van der Waals surface area contributed by atoms with E-state index < -0.39 is 5.97 Å². The van der Waals surface area contributed by atoms with Gasteiger partial charge in [-0.05, 0) is 47.9 Å². The maximum Gasteiger partial charge on any atom is 0.304 e. The van der Waals surface area contributed by atoms with Crippen molar-refractivity contribution in [2.45, 2.75) is 57.8 Å². The van der Waals surface area contributed by atoms with Gasteiger partial charge in [-0.15, -0.1) is 0 Å². The maximum absolute atomic E-state index is 11.1. The van der Waals surface area contributed by atoms with E-state index in [1.165, 1.54) is 11.1 Å². The van der Waals surface area contributed by atoms with Crippen molar-refractivity contribution in [2.75, 3.05) is 7.11 Å². The van der Waals surface area contributed by atoms with Crippen LogP contribution < -0.4 is 4.74 Å². The molecular weight excluding hydrogens is 252 g/mol. The molecule has 1 aromatic rings. The van der Waals surface area contributed by atoms with E-state index in [1.54, 1.807) is 7.11 Å². The molecule has 0 radical (unpaired) electrons. The Bertz CT molecular complexity index is 534. The molecule has 0 heterocycles. The van der Waals surface area contributed by atoms with Crippen molar-refractivity contribution in [3.8, 4) is 5.75 Å². The fourth-order valence-corrected chi connectivity index (χ4v) is 3.00. The van der Waals surface area contributed by atoms with E-state index in [0.29, 0.717) is 0 Å². The van der Waals surface area contributed by atoms with Crippen molar-refractivity contribution < 1.29 is 14.6 Å². The molecule has 0 aromatic heterocycles. The molecule has 3 nitrogen and oxygen atoms in total. The summed E-state index contributed by atoms with van der Waals surface area (Å²) in [5.41, 5.74) is 3.34. The van der Waals surface area contributed by atoms with Gasteiger partial charge in [-0.1, -0.05) is 26.8 Å². The van der Waals surface area contributed by atoms with Gasteiger partial charge in [-0.3, -0.25) is 4.79 Å². The monoisotopic (exact) mass is 276 g/mol. The summed E-state index contributed by atoms with van der Waals surface area (Å²) < 4.78 is 5.55. The second kappa shape index (κ2) is 4.80. The molecule has 1 aromatic carbocycles. The molecule has 0 aliphatic heterocycles. The van der Waals surface area contributed by atoms with E-state index in [9.17, 15) is 4.79 Å². The highest BCUT2D eigenvalue weighted by Crippen LogP contribution is 2.53. The van der Waals surface area contributed by atoms with Gasteiger partial charge in [0.15, 0.2) is 0 Å². The minimum atomic E-state index is -0.722. The molecule has 1 aliphatic rings. The molecule has 1 N–H and O–H groups in total. The van der Waals surface area contributed by atoms with Gasteiger partial charge >= 0.3 is 5.97 Å². The summed E-state index contributed by atoms with van der Waals surface area (Å²) in [4.78, 5) is 11.1. The molecule has 0 saturated heterocycles. The number of rotatable bonds is 4. The maximum atomic E-state index is 11.1. The first-order chi connectivity index (χ1) is 9.19. The molecule has 1 aliphatic carbocycles. The molecule has 1 fully saturated rings. The highest BCUT2D eigenvalue weighted by atomic mass is 16.5. The second-order valence-electron chi connectivity index (χ2n) is 6.97. The zero-order chi connectivity index (χ0) is 15.1. The third-order valence-corrected chi connectivity index (χ3v) is 4.27. The zero-order valence-corrected chi connectivity index (χ0v) is 13.0. The lowest BCUT2D eigenvalue weighted by Crippen LogP contribution is -2.18. The van der Waals surface area contributed by atoms with Gasteiger partial charge in [0.05, 0.1) is 13.5 Å². The number of carbonyl (C=O) groups is 1. The minimum absolute atomic E-state index is 0.0120. The van der Waals surface area contributed by atoms with Crippen molar-refractivity contribution in [3.05, 3.63) is 28.8 Å². The molecule has 3 heteroatoms. The standard InChI is InChI=1S/C17H24O3/c1-11-8-13(16(2,3)4)14(20-5)9-12(11)17(6-7-17)10-15(18)19/h8-9H,6-7,10H2,1-5H3,(H,18,19). The number of hydrogen-bond donors (Lipinski definition) is 1. The van der Waals surface area contributed by atoms with Crippen LogP contribution >= 0.6 is 0 Å². The van der Waals surface area contributed by atoms with Crippen LogP contribution in [0.2, 0.25) is 0 Å². The molecule has 0 spiro atoms. The number of benzene rings is 1. The van der Waals surface area contributed by atoms with Crippen LogP contribution in [0, 0.1) is 6.92 Å². The normalized spacial score (nSPS) is 16.9. The van der Waals surface area contributed by atoms with Crippen molar-refractivity contribution in [1.82, 2.24) is 0 Å². The first-order valence-electron chi connectivity index (χ1n) is 7.11. The summed E-state index contributed by atoms with van der Waals surface area (Å²) in [5, 5.41) is 9.12. The topological polar surface area (TPSA) is 46.5 Å². The first-order valence-corrected chi connectivity index (χ1v) is 7.11. The van der Waals surface area contributed by atoms with Gasteiger partial charge in [-0.2, -0.15) is 0 Å². The van der Waals surface area contributed by atoms with E-state index in [2.05, 4.69) is 39.8 Å². The van der Waals surface area contributed by atoms with Crippen LogP contribution in [-0.4, -0.2) is 18.2 Å². The third kappa shape index (κ3) is 2.67. The summed E-state index contributed by atoms with van der Waals surface area (Å²) in [5.74, 6) is 0.149. The predicted octanol–water partition coefficient (Wildman–Crippen LogP) is 3.81. The molecule has 0 unspecified atom stereocenters. The highest BCUT2D eigenvalue weighted by Gasteiger charge is 2.47. The van der Waals surface area contributed by atoms with Crippen molar-refractivity contribution >= 4 is 5.97 Å². The molecule has 20 heavy (non-hydrogen) atoms. The van der Waals surface area contributed by atoms with Gasteiger partial charge in [0, 0.05) is 5.41 Å². The molecule has 0 atom stereocenters. The lowest BCUT2D eigenvalue weighted by Gasteiger charge is -2.26. The van der Waals surface area contributed by atoms with Crippen molar-refractivity contribution in [1.29, 1.82) is 0 Å². The van der Waals surface area contributed by atoms with Gasteiger partial charge in [0.2, 0.25) is 0 Å². The Balaban J connectivity index is 2.49. The van der Waals surface area contributed by atoms with E-state index in [0.717, 1.165) is 24.2 Å². The summed E-state index contributed by atoms with van der Waals surface area (Å²) in [7, 11) is 1.68. The summed E-state index contributed by atoms with van der Waals surface area (Å²) in [6, 6.07) is 4.22. The fraction of sp³-hybridized carbons (Fsp3) is 0.588. The number of aryl methyl sites for hydroxylation is 1. The molecule has 1 saturated carbocycles. The Morgan fingerprint density at radius 1 is 1.35 bits per heavy atom. The number of ether oxygens (including phenoxy) is 1. The van der Waals surface area contributed by atoms with E-state index >= 15 is 0 Å². The van der Waals surface area contributed by atoms with Crippen LogP contribution in [0.3, 0.4) is 0 Å². The van der Waals surface area contributed by atoms with Crippen LogP contribution in [-0.2, 0) is 15.6 Å². The molecule has 0 bridgehead atoms. The Morgan fingerprint density at radius 3 is 2.35 bits per heavy atom. The van der Waals surface area contributed by atoms with E-state index in [1.807, 2.05) is 0 Å². The van der Waals surface area contributed by atoms with E-state index in [-0.39, 0.29) is 17.3 Å².